The molecular formula is C13H17ClFN. The van der Waals surface area contributed by atoms with Crippen LogP contribution in [0, 0.1) is 11.7 Å². The average Bonchev–Trinajstić information content (AvgIpc) is 2.25. The summed E-state index contributed by atoms with van der Waals surface area (Å²) in [6.45, 7) is 0. The van der Waals surface area contributed by atoms with Gasteiger partial charge in [-0.25, -0.2) is 4.39 Å². The van der Waals surface area contributed by atoms with Gasteiger partial charge in [-0.3, -0.25) is 0 Å². The second-order valence-corrected chi connectivity index (χ2v) is 5.06. The van der Waals surface area contributed by atoms with Gasteiger partial charge < -0.3 is 5.73 Å². The van der Waals surface area contributed by atoms with Gasteiger partial charge in [0.2, 0.25) is 0 Å². The molecule has 2 rings (SSSR count). The molecule has 1 aromatic carbocycles. The summed E-state index contributed by atoms with van der Waals surface area (Å²) in [6, 6.07) is 4.90. The summed E-state index contributed by atoms with van der Waals surface area (Å²) >= 11 is 6.02. The van der Waals surface area contributed by atoms with Gasteiger partial charge in [0, 0.05) is 11.1 Å². The van der Waals surface area contributed by atoms with E-state index in [2.05, 4.69) is 0 Å². The van der Waals surface area contributed by atoms with Crippen LogP contribution in [0.1, 0.15) is 31.2 Å². The van der Waals surface area contributed by atoms with Crippen molar-refractivity contribution in [2.24, 2.45) is 11.7 Å². The van der Waals surface area contributed by atoms with E-state index < -0.39 is 0 Å². The molecule has 0 saturated heterocycles. The van der Waals surface area contributed by atoms with E-state index in [1.807, 2.05) is 0 Å². The second-order valence-electron chi connectivity index (χ2n) is 4.65. The first-order chi connectivity index (χ1) is 7.66. The van der Waals surface area contributed by atoms with Crippen LogP contribution >= 0.6 is 11.6 Å². The molecule has 0 radical (unpaired) electrons. The maximum absolute atomic E-state index is 12.9. The smallest absolute Gasteiger partial charge is 0.124 e. The Hall–Kier alpha value is -0.600. The fraction of sp³-hybridized carbons (Fsp3) is 0.538. The zero-order valence-electron chi connectivity index (χ0n) is 9.26. The fourth-order valence-corrected chi connectivity index (χ4v) is 2.70. The van der Waals surface area contributed by atoms with Gasteiger partial charge in [-0.1, -0.05) is 30.5 Å². The Kier molecular flexibility index (Phi) is 3.82. The van der Waals surface area contributed by atoms with Gasteiger partial charge in [-0.05, 0) is 42.9 Å². The molecule has 0 bridgehead atoms. The van der Waals surface area contributed by atoms with Crippen LogP contribution in [0.2, 0.25) is 5.02 Å². The lowest BCUT2D eigenvalue weighted by Gasteiger charge is -2.28. The molecule has 1 aliphatic carbocycles. The molecule has 2 unspecified atom stereocenters. The molecule has 1 saturated carbocycles. The van der Waals surface area contributed by atoms with Crippen LogP contribution in [-0.2, 0) is 6.42 Å². The lowest BCUT2D eigenvalue weighted by Crippen LogP contribution is -2.34. The summed E-state index contributed by atoms with van der Waals surface area (Å²) in [5, 5.41) is 0.526. The molecule has 1 nitrogen and oxygen atoms in total. The van der Waals surface area contributed by atoms with Crippen molar-refractivity contribution in [1.82, 2.24) is 0 Å². The quantitative estimate of drug-likeness (QED) is 0.842. The van der Waals surface area contributed by atoms with E-state index in [1.165, 1.54) is 25.0 Å². The van der Waals surface area contributed by atoms with Gasteiger partial charge >= 0.3 is 0 Å². The first kappa shape index (κ1) is 11.9. The van der Waals surface area contributed by atoms with Crippen molar-refractivity contribution in [3.8, 4) is 0 Å². The van der Waals surface area contributed by atoms with Crippen molar-refractivity contribution in [3.63, 3.8) is 0 Å². The van der Waals surface area contributed by atoms with Crippen LogP contribution in [-0.4, -0.2) is 6.04 Å². The highest BCUT2D eigenvalue weighted by atomic mass is 35.5. The molecule has 16 heavy (non-hydrogen) atoms. The molecule has 0 aliphatic heterocycles. The number of rotatable bonds is 2. The van der Waals surface area contributed by atoms with Crippen LogP contribution in [0.5, 0.6) is 0 Å². The van der Waals surface area contributed by atoms with Gasteiger partial charge in [0.05, 0.1) is 0 Å². The third-order valence-corrected chi connectivity index (χ3v) is 3.82. The molecule has 0 spiro atoms. The minimum atomic E-state index is -0.276. The zero-order chi connectivity index (χ0) is 11.5. The highest BCUT2D eigenvalue weighted by Crippen LogP contribution is 2.28. The number of halogens is 2. The van der Waals surface area contributed by atoms with E-state index in [9.17, 15) is 4.39 Å². The Morgan fingerprint density at radius 3 is 2.75 bits per heavy atom. The first-order valence-corrected chi connectivity index (χ1v) is 6.24. The summed E-state index contributed by atoms with van der Waals surface area (Å²) < 4.78 is 12.9. The van der Waals surface area contributed by atoms with E-state index >= 15 is 0 Å². The van der Waals surface area contributed by atoms with Crippen molar-refractivity contribution < 1.29 is 4.39 Å². The SMILES string of the molecule is NC1CCCCC1Cc1ccc(F)cc1Cl. The predicted molar refractivity (Wildman–Crippen MR) is 65.0 cm³/mol. The van der Waals surface area contributed by atoms with Crippen molar-refractivity contribution in [1.29, 1.82) is 0 Å². The number of nitrogens with two attached hydrogens (primary N) is 1. The lowest BCUT2D eigenvalue weighted by atomic mass is 9.81. The number of hydrogen-bond donors (Lipinski definition) is 1. The van der Waals surface area contributed by atoms with Crippen molar-refractivity contribution in [3.05, 3.63) is 34.6 Å². The van der Waals surface area contributed by atoms with Crippen LogP contribution < -0.4 is 5.73 Å². The van der Waals surface area contributed by atoms with Crippen LogP contribution in [0.4, 0.5) is 4.39 Å². The maximum atomic E-state index is 12.9. The molecular weight excluding hydrogens is 225 g/mol. The van der Waals surface area contributed by atoms with Crippen molar-refractivity contribution in [2.75, 3.05) is 0 Å². The molecule has 1 aromatic rings. The molecule has 88 valence electrons. The summed E-state index contributed by atoms with van der Waals surface area (Å²) in [4.78, 5) is 0. The Morgan fingerprint density at radius 1 is 1.31 bits per heavy atom. The molecule has 2 N–H and O–H groups in total. The molecule has 2 atom stereocenters. The Balaban J connectivity index is 2.07. The highest BCUT2D eigenvalue weighted by Gasteiger charge is 2.22. The molecule has 0 heterocycles. The Morgan fingerprint density at radius 2 is 2.06 bits per heavy atom. The standard InChI is InChI=1S/C13H17ClFN/c14-12-8-11(15)6-5-9(12)7-10-3-1-2-4-13(10)16/h5-6,8,10,13H,1-4,7,16H2. The van der Waals surface area contributed by atoms with Crippen molar-refractivity contribution in [2.45, 2.75) is 38.1 Å². The largest absolute Gasteiger partial charge is 0.327 e. The summed E-state index contributed by atoms with van der Waals surface area (Å²) in [7, 11) is 0. The van der Waals surface area contributed by atoms with Crippen LogP contribution in [0.3, 0.4) is 0 Å². The molecule has 3 heteroatoms. The van der Waals surface area contributed by atoms with Gasteiger partial charge in [0.1, 0.15) is 5.82 Å². The summed E-state index contributed by atoms with van der Waals surface area (Å²) in [5.41, 5.74) is 7.11. The zero-order valence-corrected chi connectivity index (χ0v) is 10.0. The van der Waals surface area contributed by atoms with Crippen LogP contribution in [0.15, 0.2) is 18.2 Å². The van der Waals surface area contributed by atoms with Crippen LogP contribution in [0.25, 0.3) is 0 Å². The van der Waals surface area contributed by atoms with E-state index in [0.29, 0.717) is 10.9 Å². The third kappa shape index (κ3) is 2.74. The minimum absolute atomic E-state index is 0.273. The van der Waals surface area contributed by atoms with E-state index in [4.69, 9.17) is 17.3 Å². The molecule has 1 aliphatic rings. The Bertz CT molecular complexity index is 367. The summed E-state index contributed by atoms with van der Waals surface area (Å²) in [6.07, 6.45) is 5.62. The third-order valence-electron chi connectivity index (χ3n) is 3.47. The van der Waals surface area contributed by atoms with Gasteiger partial charge in [0.15, 0.2) is 0 Å². The first-order valence-electron chi connectivity index (χ1n) is 5.86. The molecule has 0 aromatic heterocycles. The number of benzene rings is 1. The van der Waals surface area contributed by atoms with Gasteiger partial charge in [-0.15, -0.1) is 0 Å². The minimum Gasteiger partial charge on any atom is -0.327 e. The van der Waals surface area contributed by atoms with Gasteiger partial charge in [0.25, 0.3) is 0 Å². The molecule has 0 amide bonds. The normalized spacial score (nSPS) is 25.7. The van der Waals surface area contributed by atoms with E-state index in [0.717, 1.165) is 24.8 Å². The predicted octanol–water partition coefficient (Wildman–Crippen LogP) is 3.54. The second kappa shape index (κ2) is 5.15. The topological polar surface area (TPSA) is 26.0 Å². The fourth-order valence-electron chi connectivity index (χ4n) is 2.46. The Labute approximate surface area is 101 Å². The van der Waals surface area contributed by atoms with E-state index in [1.54, 1.807) is 6.07 Å². The number of hydrogen-bond acceptors (Lipinski definition) is 1. The lowest BCUT2D eigenvalue weighted by molar-refractivity contribution is 0.306. The molecule has 1 fully saturated rings. The average molecular weight is 242 g/mol. The van der Waals surface area contributed by atoms with Gasteiger partial charge in [-0.2, -0.15) is 0 Å². The van der Waals surface area contributed by atoms with E-state index in [-0.39, 0.29) is 11.9 Å². The van der Waals surface area contributed by atoms with Crippen molar-refractivity contribution >= 4 is 11.6 Å². The highest BCUT2D eigenvalue weighted by molar-refractivity contribution is 6.31. The monoisotopic (exact) mass is 241 g/mol. The summed E-state index contributed by atoms with van der Waals surface area (Å²) in [5.74, 6) is 0.221. The maximum Gasteiger partial charge on any atom is 0.124 e.